The van der Waals surface area contributed by atoms with Gasteiger partial charge in [0, 0.05) is 57.2 Å². The highest BCUT2D eigenvalue weighted by atomic mass is 16.5. The van der Waals surface area contributed by atoms with Crippen molar-refractivity contribution in [3.05, 3.63) is 36.5 Å². The van der Waals surface area contributed by atoms with Crippen LogP contribution in [0.4, 0.5) is 0 Å². The zero-order chi connectivity index (χ0) is 21.2. The number of carbonyl (C=O) groups excluding carboxylic acids is 4. The second kappa shape index (κ2) is 11.4. The molecule has 0 spiro atoms. The number of imide groups is 2. The van der Waals surface area contributed by atoms with Gasteiger partial charge in [-0.05, 0) is 25.2 Å². The molecule has 1 unspecified atom stereocenters. The van der Waals surface area contributed by atoms with Gasteiger partial charge in [0.2, 0.25) is 0 Å². The van der Waals surface area contributed by atoms with Gasteiger partial charge in [-0.25, -0.2) is 0 Å². The summed E-state index contributed by atoms with van der Waals surface area (Å²) in [6.45, 7) is 8.70. The highest BCUT2D eigenvalue weighted by Crippen LogP contribution is 2.12. The number of ether oxygens (including phenoxy) is 2. The van der Waals surface area contributed by atoms with E-state index in [1.807, 2.05) is 0 Å². The minimum absolute atomic E-state index is 0.269. The molecule has 2 aliphatic rings. The van der Waals surface area contributed by atoms with E-state index in [0.29, 0.717) is 52.4 Å². The lowest BCUT2D eigenvalue weighted by Crippen LogP contribution is -2.31. The van der Waals surface area contributed by atoms with Crippen LogP contribution in [0, 0.1) is 5.92 Å². The first-order valence-electron chi connectivity index (χ1n) is 9.77. The van der Waals surface area contributed by atoms with E-state index in [2.05, 4.69) is 13.5 Å². The van der Waals surface area contributed by atoms with E-state index in [4.69, 9.17) is 9.47 Å². The Balaban J connectivity index is 1.45. The van der Waals surface area contributed by atoms with Crippen molar-refractivity contribution in [2.75, 3.05) is 39.5 Å². The second-order valence-electron chi connectivity index (χ2n) is 7.22. The molecule has 8 heteroatoms. The van der Waals surface area contributed by atoms with E-state index in [1.54, 1.807) is 0 Å². The summed E-state index contributed by atoms with van der Waals surface area (Å²) < 4.78 is 11.2. The molecule has 1 atom stereocenters. The first-order chi connectivity index (χ1) is 13.9. The third-order valence-electron chi connectivity index (χ3n) is 4.49. The third-order valence-corrected chi connectivity index (χ3v) is 4.49. The number of amides is 4. The summed E-state index contributed by atoms with van der Waals surface area (Å²) in [4.78, 5) is 48.1. The van der Waals surface area contributed by atoms with Crippen LogP contribution in [0.5, 0.6) is 0 Å². The Labute approximate surface area is 170 Å². The molecule has 4 amide bonds. The number of nitrogens with zero attached hydrogens (tertiary/aromatic N) is 2. The SMILES string of the molecule is C=C(COCCCN1C(=O)C=CC1=O)CC(C)COCCCN1C(=O)C=CC1=O. The first-order valence-corrected chi connectivity index (χ1v) is 9.77. The number of hydrogen-bond acceptors (Lipinski definition) is 6. The zero-order valence-electron chi connectivity index (χ0n) is 16.8. The van der Waals surface area contributed by atoms with Crippen molar-refractivity contribution >= 4 is 23.6 Å². The van der Waals surface area contributed by atoms with Crippen molar-refractivity contribution < 1.29 is 28.7 Å². The molecule has 2 aliphatic heterocycles. The summed E-state index contributed by atoms with van der Waals surface area (Å²) >= 11 is 0. The Hall–Kier alpha value is -2.58. The maximum atomic E-state index is 11.4. The number of rotatable bonds is 14. The molecular formula is C21H28N2O6. The fourth-order valence-electron chi connectivity index (χ4n) is 3.06. The van der Waals surface area contributed by atoms with E-state index in [9.17, 15) is 19.2 Å². The van der Waals surface area contributed by atoms with Crippen molar-refractivity contribution in [3.8, 4) is 0 Å². The van der Waals surface area contributed by atoms with Crippen LogP contribution < -0.4 is 0 Å². The standard InChI is InChI=1S/C21H28N2O6/c1-16(14-28-11-3-9-22-18(24)5-6-19(22)25)13-17(2)15-29-12-4-10-23-20(26)7-8-21(23)27/h5-8,17H,1,3-4,9-15H2,2H3. The summed E-state index contributed by atoms with van der Waals surface area (Å²) in [5, 5.41) is 0. The number of carbonyl (C=O) groups is 4. The van der Waals surface area contributed by atoms with Gasteiger partial charge >= 0.3 is 0 Å². The van der Waals surface area contributed by atoms with Gasteiger partial charge in [-0.3, -0.25) is 29.0 Å². The van der Waals surface area contributed by atoms with Crippen LogP contribution in [0.1, 0.15) is 26.2 Å². The summed E-state index contributed by atoms with van der Waals surface area (Å²) in [5.41, 5.74) is 0.954. The third kappa shape index (κ3) is 7.40. The van der Waals surface area contributed by atoms with Crippen LogP contribution in [0.15, 0.2) is 36.5 Å². The molecule has 0 fully saturated rings. The van der Waals surface area contributed by atoms with Crippen LogP contribution in [-0.4, -0.2) is 72.9 Å². The van der Waals surface area contributed by atoms with Gasteiger partial charge in [0.15, 0.2) is 0 Å². The predicted octanol–water partition coefficient (Wildman–Crippen LogP) is 1.23. The Bertz CT molecular complexity index is 676. The molecule has 0 bridgehead atoms. The quantitative estimate of drug-likeness (QED) is 0.246. The van der Waals surface area contributed by atoms with Gasteiger partial charge in [-0.1, -0.05) is 19.1 Å². The lowest BCUT2D eigenvalue weighted by Gasteiger charge is -2.16. The van der Waals surface area contributed by atoms with E-state index in [-0.39, 0.29) is 29.5 Å². The fraction of sp³-hybridized carbons (Fsp3) is 0.524. The molecule has 29 heavy (non-hydrogen) atoms. The average molecular weight is 404 g/mol. The van der Waals surface area contributed by atoms with Crippen molar-refractivity contribution in [2.45, 2.75) is 26.2 Å². The van der Waals surface area contributed by atoms with Crippen LogP contribution in [0.3, 0.4) is 0 Å². The number of hydrogen-bond donors (Lipinski definition) is 0. The highest BCUT2D eigenvalue weighted by molar-refractivity contribution is 6.13. The van der Waals surface area contributed by atoms with E-state index in [1.165, 1.54) is 34.1 Å². The molecule has 0 aromatic carbocycles. The molecular weight excluding hydrogens is 376 g/mol. The molecule has 0 aromatic heterocycles. The topological polar surface area (TPSA) is 93.2 Å². The molecule has 0 saturated carbocycles. The minimum atomic E-state index is -0.275. The van der Waals surface area contributed by atoms with Crippen molar-refractivity contribution in [2.24, 2.45) is 5.92 Å². The van der Waals surface area contributed by atoms with E-state index in [0.717, 1.165) is 12.0 Å². The largest absolute Gasteiger partial charge is 0.381 e. The van der Waals surface area contributed by atoms with Crippen molar-refractivity contribution in [3.63, 3.8) is 0 Å². The van der Waals surface area contributed by atoms with Crippen molar-refractivity contribution in [1.29, 1.82) is 0 Å². The molecule has 2 rings (SSSR count). The average Bonchev–Trinajstić information content (AvgIpc) is 3.16. The van der Waals surface area contributed by atoms with Gasteiger partial charge in [0.1, 0.15) is 0 Å². The normalized spacial score (nSPS) is 17.1. The molecule has 158 valence electrons. The maximum absolute atomic E-state index is 11.4. The molecule has 0 saturated heterocycles. The van der Waals surface area contributed by atoms with Crippen LogP contribution in [0.25, 0.3) is 0 Å². The van der Waals surface area contributed by atoms with Gasteiger partial charge in [0.25, 0.3) is 23.6 Å². The van der Waals surface area contributed by atoms with Crippen molar-refractivity contribution in [1.82, 2.24) is 9.80 Å². The Kier molecular flexibility index (Phi) is 8.95. The smallest absolute Gasteiger partial charge is 0.253 e. The van der Waals surface area contributed by atoms with Gasteiger partial charge in [0.05, 0.1) is 6.61 Å². The Morgan fingerprint density at radius 3 is 1.79 bits per heavy atom. The minimum Gasteiger partial charge on any atom is -0.381 e. The summed E-state index contributed by atoms with van der Waals surface area (Å²) in [7, 11) is 0. The van der Waals surface area contributed by atoms with Gasteiger partial charge < -0.3 is 9.47 Å². The molecule has 0 radical (unpaired) electrons. The first kappa shape index (κ1) is 22.7. The molecule has 0 aliphatic carbocycles. The van der Waals surface area contributed by atoms with Crippen LogP contribution in [-0.2, 0) is 28.7 Å². The monoisotopic (exact) mass is 404 g/mol. The highest BCUT2D eigenvalue weighted by Gasteiger charge is 2.23. The van der Waals surface area contributed by atoms with Gasteiger partial charge in [-0.2, -0.15) is 0 Å². The molecule has 2 heterocycles. The Morgan fingerprint density at radius 1 is 0.862 bits per heavy atom. The van der Waals surface area contributed by atoms with E-state index >= 15 is 0 Å². The summed E-state index contributed by atoms with van der Waals surface area (Å²) in [6, 6.07) is 0. The molecule has 8 nitrogen and oxygen atoms in total. The maximum Gasteiger partial charge on any atom is 0.253 e. The molecule has 0 aromatic rings. The summed E-state index contributed by atoms with van der Waals surface area (Å²) in [5.74, 6) is -0.814. The zero-order valence-corrected chi connectivity index (χ0v) is 16.8. The second-order valence-corrected chi connectivity index (χ2v) is 7.22. The fourth-order valence-corrected chi connectivity index (χ4v) is 3.06. The van der Waals surface area contributed by atoms with Crippen LogP contribution in [0.2, 0.25) is 0 Å². The van der Waals surface area contributed by atoms with E-state index < -0.39 is 0 Å². The molecule has 0 N–H and O–H groups in total. The van der Waals surface area contributed by atoms with Gasteiger partial charge in [-0.15, -0.1) is 0 Å². The predicted molar refractivity (Wildman–Crippen MR) is 106 cm³/mol. The lowest BCUT2D eigenvalue weighted by molar-refractivity contribution is -0.138. The lowest BCUT2D eigenvalue weighted by atomic mass is 10.0. The van der Waals surface area contributed by atoms with Crippen LogP contribution >= 0.6 is 0 Å². The summed E-state index contributed by atoms with van der Waals surface area (Å²) in [6.07, 6.45) is 7.06. The Morgan fingerprint density at radius 2 is 1.31 bits per heavy atom.